The fourth-order valence-electron chi connectivity index (χ4n) is 8.15. The van der Waals surface area contributed by atoms with Crippen LogP contribution < -0.4 is 11.3 Å². The molecule has 4 fully saturated rings. The van der Waals surface area contributed by atoms with E-state index in [0.717, 1.165) is 37.5 Å². The third-order valence-corrected chi connectivity index (χ3v) is 9.48. The normalized spacial score (nSPS) is 31.1. The molecule has 10 nitrogen and oxygen atoms in total. The summed E-state index contributed by atoms with van der Waals surface area (Å²) in [5.74, 6) is -0.533. The van der Waals surface area contributed by atoms with Crippen LogP contribution in [0.1, 0.15) is 82.4 Å². The number of piperidine rings is 2. The summed E-state index contributed by atoms with van der Waals surface area (Å²) in [5, 5.41) is 13.4. The molecule has 6 rings (SSSR count). The van der Waals surface area contributed by atoms with Crippen LogP contribution in [0.15, 0.2) is 34.2 Å². The Morgan fingerprint density at radius 1 is 0.949 bits per heavy atom. The van der Waals surface area contributed by atoms with Gasteiger partial charge in [0.25, 0.3) is 11.5 Å². The molecule has 39 heavy (non-hydrogen) atoms. The topological polar surface area (TPSA) is 140 Å². The third-order valence-electron chi connectivity index (χ3n) is 9.48. The summed E-state index contributed by atoms with van der Waals surface area (Å²) in [5.41, 5.74) is 4.87. The molecule has 2 aliphatic heterocycles. The molecule has 4 aliphatic rings. The number of oxime groups is 1. The van der Waals surface area contributed by atoms with Crippen LogP contribution in [0.3, 0.4) is 0 Å². The van der Waals surface area contributed by atoms with Crippen LogP contribution in [0.4, 0.5) is 0 Å². The van der Waals surface area contributed by atoms with Crippen molar-refractivity contribution >= 4 is 28.6 Å². The first-order valence-corrected chi connectivity index (χ1v) is 14.4. The predicted octanol–water partition coefficient (Wildman–Crippen LogP) is 3.21. The lowest BCUT2D eigenvalue weighted by atomic mass is 9.68. The van der Waals surface area contributed by atoms with Crippen LogP contribution in [0, 0.1) is 11.8 Å². The molecule has 0 radical (unpaired) electrons. The first kappa shape index (κ1) is 26.0. The van der Waals surface area contributed by atoms with E-state index in [1.54, 1.807) is 10.6 Å². The van der Waals surface area contributed by atoms with Gasteiger partial charge >= 0.3 is 5.97 Å². The largest absolute Gasteiger partial charge is 0.476 e. The van der Waals surface area contributed by atoms with Gasteiger partial charge in [-0.05, 0) is 68.9 Å². The van der Waals surface area contributed by atoms with Crippen LogP contribution in [-0.4, -0.2) is 61.9 Å². The summed E-state index contributed by atoms with van der Waals surface area (Å²) in [6.07, 6.45) is 13.3. The van der Waals surface area contributed by atoms with Crippen molar-refractivity contribution in [3.63, 3.8) is 0 Å². The number of hydrogen-bond acceptors (Lipinski definition) is 7. The van der Waals surface area contributed by atoms with Gasteiger partial charge in [0.2, 0.25) is 5.71 Å². The monoisotopic (exact) mass is 535 g/mol. The number of aromatic nitrogens is 2. The average Bonchev–Trinajstić information content (AvgIpc) is 2.90. The Hall–Kier alpha value is -3.27. The van der Waals surface area contributed by atoms with Gasteiger partial charge < -0.3 is 20.2 Å². The second kappa shape index (κ2) is 10.7. The number of carbonyl (C=O) groups excluding carboxylic acids is 1. The van der Waals surface area contributed by atoms with Gasteiger partial charge in [0.05, 0.1) is 11.0 Å². The molecule has 0 spiro atoms. The number of nitrogens with zero attached hydrogens (tertiary/aromatic N) is 4. The Kier molecular flexibility index (Phi) is 7.14. The minimum Gasteiger partial charge on any atom is -0.476 e. The highest BCUT2D eigenvalue weighted by atomic mass is 16.6. The van der Waals surface area contributed by atoms with Crippen molar-refractivity contribution in [2.45, 2.75) is 94.8 Å². The lowest BCUT2D eigenvalue weighted by molar-refractivity contribution is -0.130. The maximum Gasteiger partial charge on any atom is 0.360 e. The van der Waals surface area contributed by atoms with Crippen LogP contribution in [0.25, 0.3) is 11.0 Å². The van der Waals surface area contributed by atoms with E-state index in [1.807, 2.05) is 18.2 Å². The van der Waals surface area contributed by atoms with E-state index >= 15 is 0 Å². The molecule has 1 aromatic heterocycles. The van der Waals surface area contributed by atoms with Crippen molar-refractivity contribution in [3.05, 3.63) is 40.3 Å². The first-order valence-electron chi connectivity index (χ1n) is 14.4. The summed E-state index contributed by atoms with van der Waals surface area (Å²) >= 11 is 0. The Balaban J connectivity index is 1.35. The zero-order valence-corrected chi connectivity index (χ0v) is 22.2. The van der Waals surface area contributed by atoms with Gasteiger partial charge in [-0.2, -0.15) is 0 Å². The zero-order chi connectivity index (χ0) is 27.1. The highest BCUT2D eigenvalue weighted by Crippen LogP contribution is 2.47. The van der Waals surface area contributed by atoms with Crippen molar-refractivity contribution < 1.29 is 19.5 Å². The number of benzene rings is 1. The number of para-hydroxylation sites is 2. The van der Waals surface area contributed by atoms with Crippen LogP contribution in [0.5, 0.6) is 0 Å². The van der Waals surface area contributed by atoms with Gasteiger partial charge in [0.15, 0.2) is 12.3 Å². The molecule has 3 heterocycles. The maximum atomic E-state index is 14.0. The van der Waals surface area contributed by atoms with E-state index in [0.29, 0.717) is 29.2 Å². The number of nitrogens with two attached hydrogens (primary N) is 1. The number of carbonyl (C=O) groups is 2. The quantitative estimate of drug-likeness (QED) is 0.410. The van der Waals surface area contributed by atoms with E-state index in [-0.39, 0.29) is 11.7 Å². The Morgan fingerprint density at radius 2 is 1.62 bits per heavy atom. The highest BCUT2D eigenvalue weighted by molar-refractivity contribution is 6.41. The van der Waals surface area contributed by atoms with Gasteiger partial charge in [0.1, 0.15) is 0 Å². The number of amides is 1. The van der Waals surface area contributed by atoms with Crippen LogP contribution >= 0.6 is 0 Å². The molecule has 2 aliphatic carbocycles. The lowest BCUT2D eigenvalue weighted by Gasteiger charge is -2.55. The van der Waals surface area contributed by atoms with E-state index < -0.39 is 29.8 Å². The Bertz CT molecular complexity index is 1330. The van der Waals surface area contributed by atoms with Gasteiger partial charge in [-0.15, -0.1) is 0 Å². The molecule has 3 N–H and O–H groups in total. The van der Waals surface area contributed by atoms with Crippen molar-refractivity contribution in [1.82, 2.24) is 14.5 Å². The summed E-state index contributed by atoms with van der Waals surface area (Å²) in [4.78, 5) is 49.2. The minimum absolute atomic E-state index is 0.0691. The summed E-state index contributed by atoms with van der Waals surface area (Å²) < 4.78 is 1.75. The number of hydrogen-bond donors (Lipinski definition) is 2. The molecule has 208 valence electrons. The maximum absolute atomic E-state index is 14.0. The molecule has 10 heteroatoms. The van der Waals surface area contributed by atoms with Crippen molar-refractivity contribution in [3.8, 4) is 0 Å². The van der Waals surface area contributed by atoms with E-state index in [1.165, 1.54) is 44.9 Å². The molecule has 2 saturated heterocycles. The minimum atomic E-state index is -1.46. The van der Waals surface area contributed by atoms with Gasteiger partial charge in [-0.3, -0.25) is 14.5 Å². The highest BCUT2D eigenvalue weighted by Gasteiger charge is 2.45. The number of aliphatic carboxylic acids is 1. The number of fused-ring (bicyclic) bond motifs is 5. The molecular formula is C29H37N5O5. The third kappa shape index (κ3) is 5.06. The van der Waals surface area contributed by atoms with E-state index in [4.69, 9.17) is 10.6 Å². The molecule has 1 amide bonds. The smallest absolute Gasteiger partial charge is 0.360 e. The standard InChI is InChI=1S/C29H37N5O5/c30-25(35)16-39-32-27(29(37)38)26-28(36)34(24-10-2-1-9-23(24)31-26)22-14-19-7-4-8-20(15-22)33(19)21-12-17-5-3-6-18(11-17)13-21/h1-2,9-10,17-22H,3-8,11-16H2,(H2,30,35)(H,37,38)/b32-27-/t17?,18?,19-,20+,21?,22+. The lowest BCUT2D eigenvalue weighted by Crippen LogP contribution is -2.58. The SMILES string of the molecule is NC(=O)CO/N=C(\C(=O)O)c1nc2ccccc2n([C@H]2C[C@H]3CCC[C@@H](C2)N3C2CC3CCCC(C3)C2)c1=O. The second-order valence-corrected chi connectivity index (χ2v) is 11.9. The Labute approximate surface area is 227 Å². The van der Waals surface area contributed by atoms with E-state index in [2.05, 4.69) is 15.0 Å². The van der Waals surface area contributed by atoms with Gasteiger partial charge in [-0.25, -0.2) is 9.78 Å². The number of rotatable bonds is 7. The molecule has 4 bridgehead atoms. The summed E-state index contributed by atoms with van der Waals surface area (Å²) in [6.45, 7) is -0.594. The second-order valence-electron chi connectivity index (χ2n) is 11.9. The predicted molar refractivity (Wildman–Crippen MR) is 145 cm³/mol. The molecular weight excluding hydrogens is 498 g/mol. The number of carboxylic acids is 1. The molecule has 5 atom stereocenters. The Morgan fingerprint density at radius 3 is 2.28 bits per heavy atom. The van der Waals surface area contributed by atoms with E-state index in [9.17, 15) is 19.5 Å². The van der Waals surface area contributed by atoms with Crippen molar-refractivity contribution in [2.24, 2.45) is 22.7 Å². The fourth-order valence-corrected chi connectivity index (χ4v) is 8.15. The van der Waals surface area contributed by atoms with Gasteiger partial charge in [0, 0.05) is 24.2 Å². The molecule has 2 unspecified atom stereocenters. The fraction of sp³-hybridized carbons (Fsp3) is 0.621. The van der Waals surface area contributed by atoms with Crippen LogP contribution in [0.2, 0.25) is 0 Å². The first-order chi connectivity index (χ1) is 18.9. The van der Waals surface area contributed by atoms with Gasteiger partial charge in [-0.1, -0.05) is 43.0 Å². The van der Waals surface area contributed by atoms with Crippen LogP contribution in [-0.2, 0) is 14.4 Å². The summed E-state index contributed by atoms with van der Waals surface area (Å²) in [7, 11) is 0. The molecule has 1 aromatic carbocycles. The van der Waals surface area contributed by atoms with Crippen molar-refractivity contribution in [1.29, 1.82) is 0 Å². The molecule has 2 saturated carbocycles. The summed E-state index contributed by atoms with van der Waals surface area (Å²) in [6, 6.07) is 8.74. The zero-order valence-electron chi connectivity index (χ0n) is 22.2. The number of carboxylic acid groups (broad SMARTS) is 1. The number of primary amides is 1. The average molecular weight is 536 g/mol. The molecule has 2 aromatic rings. The van der Waals surface area contributed by atoms with Crippen molar-refractivity contribution in [2.75, 3.05) is 6.61 Å².